The van der Waals surface area contributed by atoms with Gasteiger partial charge < -0.3 is 9.84 Å². The van der Waals surface area contributed by atoms with Gasteiger partial charge >= 0.3 is 0 Å². The van der Waals surface area contributed by atoms with E-state index in [1.165, 1.54) is 31.4 Å². The van der Waals surface area contributed by atoms with Crippen molar-refractivity contribution in [2.45, 2.75) is 0 Å². The van der Waals surface area contributed by atoms with Crippen LogP contribution in [0.15, 0.2) is 36.4 Å². The summed E-state index contributed by atoms with van der Waals surface area (Å²) in [4.78, 5) is 20.4. The van der Waals surface area contributed by atoms with E-state index in [2.05, 4.69) is 0 Å². The normalized spacial score (nSPS) is 10.7. The van der Waals surface area contributed by atoms with Crippen LogP contribution in [0, 0.1) is 20.2 Å². The van der Waals surface area contributed by atoms with Crippen molar-refractivity contribution in [1.29, 1.82) is 0 Å². The summed E-state index contributed by atoms with van der Waals surface area (Å²) in [6.07, 6.45) is 3.05. The molecule has 8 nitrogen and oxygen atoms in total. The molecule has 118 valence electrons. The first-order valence-corrected chi connectivity index (χ1v) is 6.40. The Labute approximate surface area is 130 Å². The summed E-state index contributed by atoms with van der Waals surface area (Å²) in [5.74, 6) is 0.247. The van der Waals surface area contributed by atoms with Crippen molar-refractivity contribution in [1.82, 2.24) is 0 Å². The number of benzene rings is 2. The number of methoxy groups -OCH3 is 1. The molecule has 0 aliphatic heterocycles. The summed E-state index contributed by atoms with van der Waals surface area (Å²) >= 11 is 0. The maximum absolute atomic E-state index is 11.0. The third-order valence-electron chi connectivity index (χ3n) is 3.08. The lowest BCUT2D eigenvalue weighted by Crippen LogP contribution is -1.94. The van der Waals surface area contributed by atoms with E-state index in [1.54, 1.807) is 18.2 Å². The van der Waals surface area contributed by atoms with Gasteiger partial charge in [0.1, 0.15) is 0 Å². The van der Waals surface area contributed by atoms with Gasteiger partial charge in [0.25, 0.3) is 11.4 Å². The molecule has 2 aromatic carbocycles. The molecular weight excluding hydrogens is 304 g/mol. The molecule has 0 aliphatic rings. The van der Waals surface area contributed by atoms with E-state index in [1.807, 2.05) is 0 Å². The first-order chi connectivity index (χ1) is 10.9. The Hall–Kier alpha value is -3.42. The number of hydrogen-bond acceptors (Lipinski definition) is 6. The summed E-state index contributed by atoms with van der Waals surface area (Å²) in [6, 6.07) is 8.02. The molecule has 0 saturated carbocycles. The average molecular weight is 316 g/mol. The lowest BCUT2D eigenvalue weighted by Gasteiger charge is -2.03. The van der Waals surface area contributed by atoms with Crippen LogP contribution in [0.3, 0.4) is 0 Å². The van der Waals surface area contributed by atoms with Crippen LogP contribution in [0.25, 0.3) is 12.2 Å². The van der Waals surface area contributed by atoms with E-state index in [-0.39, 0.29) is 28.4 Å². The van der Waals surface area contributed by atoms with Gasteiger partial charge in [-0.3, -0.25) is 20.2 Å². The lowest BCUT2D eigenvalue weighted by molar-refractivity contribution is -0.394. The maximum Gasteiger partial charge on any atom is 0.283 e. The summed E-state index contributed by atoms with van der Waals surface area (Å²) in [5.41, 5.74) is 0.168. The SMILES string of the molecule is COc1cc(/C=C\c2ccc([N+](=O)[O-])cc2[N+](=O)[O-])ccc1O. The number of hydrogen-bond donors (Lipinski definition) is 1. The molecule has 0 amide bonds. The third-order valence-corrected chi connectivity index (χ3v) is 3.08. The summed E-state index contributed by atoms with van der Waals surface area (Å²) in [6.45, 7) is 0. The fourth-order valence-electron chi connectivity index (χ4n) is 1.93. The number of non-ortho nitro benzene ring substituents is 1. The topological polar surface area (TPSA) is 116 Å². The second kappa shape index (κ2) is 6.56. The van der Waals surface area contributed by atoms with Crippen LogP contribution in [-0.4, -0.2) is 22.1 Å². The number of nitrogens with zero attached hydrogens (tertiary/aromatic N) is 2. The molecule has 2 aromatic rings. The molecular formula is C15H12N2O6. The Morgan fingerprint density at radius 1 is 1.04 bits per heavy atom. The van der Waals surface area contributed by atoms with Crippen LogP contribution in [0.2, 0.25) is 0 Å². The van der Waals surface area contributed by atoms with Crippen molar-refractivity contribution in [3.05, 3.63) is 67.8 Å². The molecule has 23 heavy (non-hydrogen) atoms. The molecule has 0 radical (unpaired) electrons. The molecule has 0 bridgehead atoms. The van der Waals surface area contributed by atoms with Crippen molar-refractivity contribution in [3.63, 3.8) is 0 Å². The Morgan fingerprint density at radius 2 is 1.78 bits per heavy atom. The van der Waals surface area contributed by atoms with Crippen molar-refractivity contribution in [3.8, 4) is 11.5 Å². The monoisotopic (exact) mass is 316 g/mol. The predicted molar refractivity (Wildman–Crippen MR) is 83.3 cm³/mol. The van der Waals surface area contributed by atoms with Crippen molar-refractivity contribution < 1.29 is 19.7 Å². The molecule has 2 rings (SSSR count). The molecule has 0 atom stereocenters. The highest BCUT2D eigenvalue weighted by molar-refractivity contribution is 5.75. The van der Waals surface area contributed by atoms with Gasteiger partial charge in [0, 0.05) is 6.07 Å². The fraction of sp³-hybridized carbons (Fsp3) is 0.0667. The van der Waals surface area contributed by atoms with Gasteiger partial charge in [-0.05, 0) is 29.8 Å². The van der Waals surface area contributed by atoms with E-state index in [0.29, 0.717) is 5.56 Å². The number of rotatable bonds is 5. The smallest absolute Gasteiger partial charge is 0.283 e. The van der Waals surface area contributed by atoms with Crippen LogP contribution < -0.4 is 4.74 Å². The van der Waals surface area contributed by atoms with Crippen LogP contribution in [0.4, 0.5) is 11.4 Å². The Bertz CT molecular complexity index is 801. The molecule has 0 aliphatic carbocycles. The molecule has 0 fully saturated rings. The minimum atomic E-state index is -0.689. The zero-order valence-corrected chi connectivity index (χ0v) is 12.0. The zero-order chi connectivity index (χ0) is 17.0. The highest BCUT2D eigenvalue weighted by atomic mass is 16.6. The quantitative estimate of drug-likeness (QED) is 0.513. The summed E-state index contributed by atoms with van der Waals surface area (Å²) in [7, 11) is 1.41. The third kappa shape index (κ3) is 3.62. The molecule has 0 aromatic heterocycles. The van der Waals surface area contributed by atoms with E-state index >= 15 is 0 Å². The van der Waals surface area contributed by atoms with Gasteiger partial charge in [-0.25, -0.2) is 0 Å². The van der Waals surface area contributed by atoms with Crippen LogP contribution in [-0.2, 0) is 0 Å². The predicted octanol–water partition coefficient (Wildman–Crippen LogP) is 3.39. The van der Waals surface area contributed by atoms with Gasteiger partial charge in [0.2, 0.25) is 0 Å². The first kappa shape index (κ1) is 16.0. The van der Waals surface area contributed by atoms with Crippen molar-refractivity contribution in [2.24, 2.45) is 0 Å². The standard InChI is InChI=1S/C15H12N2O6/c1-23-15-8-10(3-7-14(15)18)2-4-11-5-6-12(16(19)20)9-13(11)17(21)22/h2-9,18H,1H3/b4-2-. The number of nitro benzene ring substituents is 2. The highest BCUT2D eigenvalue weighted by Gasteiger charge is 2.17. The average Bonchev–Trinajstić information content (AvgIpc) is 2.53. The molecule has 0 unspecified atom stereocenters. The van der Waals surface area contributed by atoms with Gasteiger partial charge in [0.05, 0.1) is 28.6 Å². The van der Waals surface area contributed by atoms with E-state index in [9.17, 15) is 25.3 Å². The summed E-state index contributed by atoms with van der Waals surface area (Å²) < 4.78 is 4.97. The molecule has 1 N–H and O–H groups in total. The maximum atomic E-state index is 11.0. The van der Waals surface area contributed by atoms with E-state index < -0.39 is 9.85 Å². The Morgan fingerprint density at radius 3 is 2.39 bits per heavy atom. The van der Waals surface area contributed by atoms with Crippen LogP contribution in [0.1, 0.15) is 11.1 Å². The van der Waals surface area contributed by atoms with E-state index in [0.717, 1.165) is 6.07 Å². The van der Waals surface area contributed by atoms with Crippen molar-refractivity contribution in [2.75, 3.05) is 7.11 Å². The number of nitro groups is 2. The number of phenols is 1. The summed E-state index contributed by atoms with van der Waals surface area (Å²) in [5, 5.41) is 31.3. The van der Waals surface area contributed by atoms with Gasteiger partial charge in [-0.2, -0.15) is 0 Å². The van der Waals surface area contributed by atoms with Gasteiger partial charge in [0.15, 0.2) is 11.5 Å². The number of ether oxygens (including phenoxy) is 1. The number of phenolic OH excluding ortho intramolecular Hbond substituents is 1. The Kier molecular flexibility index (Phi) is 4.55. The number of aromatic hydroxyl groups is 1. The van der Waals surface area contributed by atoms with Crippen LogP contribution >= 0.6 is 0 Å². The zero-order valence-electron chi connectivity index (χ0n) is 12.0. The minimum Gasteiger partial charge on any atom is -0.504 e. The van der Waals surface area contributed by atoms with Crippen LogP contribution in [0.5, 0.6) is 11.5 Å². The highest BCUT2D eigenvalue weighted by Crippen LogP contribution is 2.29. The van der Waals surface area contributed by atoms with E-state index in [4.69, 9.17) is 4.74 Å². The second-order valence-electron chi connectivity index (χ2n) is 4.52. The molecule has 0 saturated heterocycles. The fourth-order valence-corrected chi connectivity index (χ4v) is 1.93. The Balaban J connectivity index is 2.39. The van der Waals surface area contributed by atoms with Gasteiger partial charge in [-0.1, -0.05) is 12.1 Å². The lowest BCUT2D eigenvalue weighted by atomic mass is 10.1. The van der Waals surface area contributed by atoms with Crippen molar-refractivity contribution >= 4 is 23.5 Å². The second-order valence-corrected chi connectivity index (χ2v) is 4.52. The first-order valence-electron chi connectivity index (χ1n) is 6.40. The molecule has 0 spiro atoms. The molecule has 0 heterocycles. The molecule has 8 heteroatoms. The largest absolute Gasteiger partial charge is 0.504 e. The minimum absolute atomic E-state index is 0.0223. The van der Waals surface area contributed by atoms with Gasteiger partial charge in [-0.15, -0.1) is 0 Å².